The van der Waals surface area contributed by atoms with Gasteiger partial charge in [0.25, 0.3) is 0 Å². The molecule has 0 radical (unpaired) electrons. The molecule has 1 saturated carbocycles. The van der Waals surface area contributed by atoms with Crippen molar-refractivity contribution < 1.29 is 9.90 Å². The van der Waals surface area contributed by atoms with Crippen LogP contribution in [0.15, 0.2) is 5.38 Å². The lowest BCUT2D eigenvalue weighted by molar-refractivity contribution is 0.0525. The summed E-state index contributed by atoms with van der Waals surface area (Å²) in [5.74, 6) is 1.42. The van der Waals surface area contributed by atoms with E-state index in [-0.39, 0.29) is 11.5 Å². The predicted molar refractivity (Wildman–Crippen MR) is 110 cm³/mol. The van der Waals surface area contributed by atoms with Crippen molar-refractivity contribution in [1.29, 1.82) is 0 Å². The van der Waals surface area contributed by atoms with Crippen molar-refractivity contribution in [2.24, 2.45) is 5.41 Å². The number of nitrogens with zero attached hydrogens (tertiary/aromatic N) is 2. The molecule has 1 saturated heterocycles. The standard InChI is InChI=1S/C20H32N2O2S2/c1-20(2,3)17-11-14(9-10-22(17)19(23)24)18-21-15(13-26-18)12-25-16-7-5-4-6-8-16/h13-14,16-17H,4-12H2,1-3H3,(H,23,24). The molecule has 1 aromatic rings. The van der Waals surface area contributed by atoms with Gasteiger partial charge in [-0.1, -0.05) is 40.0 Å². The normalized spacial score (nSPS) is 25.4. The summed E-state index contributed by atoms with van der Waals surface area (Å²) in [6.45, 7) is 7.05. The highest BCUT2D eigenvalue weighted by atomic mass is 32.2. The first-order valence-corrected chi connectivity index (χ1v) is 11.8. The van der Waals surface area contributed by atoms with E-state index in [1.54, 1.807) is 16.2 Å². The molecule has 2 heterocycles. The van der Waals surface area contributed by atoms with E-state index in [0.29, 0.717) is 12.5 Å². The summed E-state index contributed by atoms with van der Waals surface area (Å²) in [6, 6.07) is 0.0581. The Balaban J connectivity index is 1.60. The molecule has 2 fully saturated rings. The summed E-state index contributed by atoms with van der Waals surface area (Å²) in [6.07, 6.45) is 7.90. The molecule has 0 bridgehead atoms. The average molecular weight is 397 g/mol. The topological polar surface area (TPSA) is 53.4 Å². The molecule has 1 aliphatic carbocycles. The van der Waals surface area contributed by atoms with Gasteiger partial charge in [-0.25, -0.2) is 9.78 Å². The first-order valence-electron chi connectivity index (χ1n) is 9.90. The molecule has 1 aliphatic heterocycles. The van der Waals surface area contributed by atoms with E-state index in [0.717, 1.165) is 23.8 Å². The SMILES string of the molecule is CC(C)(C)C1CC(c2nc(CSC3CCCCC3)cs2)CCN1C(=O)O. The van der Waals surface area contributed by atoms with Gasteiger partial charge in [-0.15, -0.1) is 11.3 Å². The van der Waals surface area contributed by atoms with Gasteiger partial charge in [0.1, 0.15) is 0 Å². The first kappa shape index (κ1) is 20.0. The third-order valence-corrected chi connectivity index (χ3v) is 8.25. The van der Waals surface area contributed by atoms with Crippen LogP contribution >= 0.6 is 23.1 Å². The van der Waals surface area contributed by atoms with Crippen molar-refractivity contribution >= 4 is 29.2 Å². The van der Waals surface area contributed by atoms with Crippen molar-refractivity contribution in [3.05, 3.63) is 16.1 Å². The summed E-state index contributed by atoms with van der Waals surface area (Å²) in [4.78, 5) is 18.2. The van der Waals surface area contributed by atoms with Gasteiger partial charge in [0.05, 0.1) is 10.7 Å². The van der Waals surface area contributed by atoms with Crippen LogP contribution in [0.1, 0.15) is 82.3 Å². The molecule has 0 spiro atoms. The zero-order valence-corrected chi connectivity index (χ0v) is 17.9. The van der Waals surface area contributed by atoms with E-state index in [9.17, 15) is 9.90 Å². The van der Waals surface area contributed by atoms with Gasteiger partial charge in [0, 0.05) is 34.9 Å². The predicted octanol–water partition coefficient (Wildman–Crippen LogP) is 5.98. The van der Waals surface area contributed by atoms with Crippen LogP contribution in [0.5, 0.6) is 0 Å². The van der Waals surface area contributed by atoms with Crippen molar-refractivity contribution in [3.63, 3.8) is 0 Å². The summed E-state index contributed by atoms with van der Waals surface area (Å²) >= 11 is 3.85. The van der Waals surface area contributed by atoms with E-state index in [1.165, 1.54) is 42.8 Å². The van der Waals surface area contributed by atoms with Gasteiger partial charge in [0.15, 0.2) is 0 Å². The van der Waals surface area contributed by atoms with Crippen molar-refractivity contribution in [2.75, 3.05) is 6.54 Å². The highest BCUT2D eigenvalue weighted by Crippen LogP contribution is 2.40. The van der Waals surface area contributed by atoms with E-state index < -0.39 is 6.09 Å². The monoisotopic (exact) mass is 396 g/mol. The van der Waals surface area contributed by atoms with Gasteiger partial charge < -0.3 is 10.0 Å². The number of rotatable bonds is 4. The Kier molecular flexibility index (Phi) is 6.54. The zero-order chi connectivity index (χ0) is 18.7. The quantitative estimate of drug-likeness (QED) is 0.680. The van der Waals surface area contributed by atoms with E-state index in [2.05, 4.69) is 37.9 Å². The van der Waals surface area contributed by atoms with E-state index in [4.69, 9.17) is 4.98 Å². The molecule has 1 aromatic heterocycles. The van der Waals surface area contributed by atoms with Crippen molar-refractivity contribution in [1.82, 2.24) is 9.88 Å². The number of aromatic nitrogens is 1. The smallest absolute Gasteiger partial charge is 0.407 e. The summed E-state index contributed by atoms with van der Waals surface area (Å²) < 4.78 is 0. The number of thiazole rings is 1. The number of carbonyl (C=O) groups is 1. The number of likely N-dealkylation sites (tertiary alicyclic amines) is 1. The number of thioether (sulfide) groups is 1. The highest BCUT2D eigenvalue weighted by Gasteiger charge is 2.39. The first-order chi connectivity index (χ1) is 12.3. The number of carboxylic acid groups (broad SMARTS) is 1. The van der Waals surface area contributed by atoms with Gasteiger partial charge in [-0.05, 0) is 31.1 Å². The third kappa shape index (κ3) is 4.94. The molecular formula is C20H32N2O2S2. The second-order valence-corrected chi connectivity index (χ2v) is 11.0. The second kappa shape index (κ2) is 8.51. The van der Waals surface area contributed by atoms with Crippen molar-refractivity contribution in [3.8, 4) is 0 Å². The lowest BCUT2D eigenvalue weighted by Crippen LogP contribution is -2.51. The maximum absolute atomic E-state index is 11.6. The number of hydrogen-bond donors (Lipinski definition) is 1. The van der Waals surface area contributed by atoms with Crippen LogP contribution in [0, 0.1) is 5.41 Å². The van der Waals surface area contributed by atoms with Gasteiger partial charge in [-0.3, -0.25) is 0 Å². The lowest BCUT2D eigenvalue weighted by Gasteiger charge is -2.44. The van der Waals surface area contributed by atoms with Crippen LogP contribution in [0.2, 0.25) is 0 Å². The Bertz CT molecular complexity index is 605. The Morgan fingerprint density at radius 2 is 2.04 bits per heavy atom. The van der Waals surface area contributed by atoms with E-state index in [1.807, 2.05) is 0 Å². The molecule has 1 amide bonds. The van der Waals surface area contributed by atoms with Gasteiger partial charge in [0.2, 0.25) is 0 Å². The van der Waals surface area contributed by atoms with Crippen LogP contribution in [0.3, 0.4) is 0 Å². The summed E-state index contributed by atoms with van der Waals surface area (Å²) in [5.41, 5.74) is 1.17. The average Bonchev–Trinajstić information content (AvgIpc) is 3.08. The molecule has 1 N–H and O–H groups in total. The summed E-state index contributed by atoms with van der Waals surface area (Å²) in [7, 11) is 0. The minimum Gasteiger partial charge on any atom is -0.465 e. The molecule has 4 nitrogen and oxygen atoms in total. The van der Waals surface area contributed by atoms with Gasteiger partial charge >= 0.3 is 6.09 Å². The van der Waals surface area contributed by atoms with Crippen LogP contribution in [0.25, 0.3) is 0 Å². The highest BCUT2D eigenvalue weighted by molar-refractivity contribution is 7.99. The number of amides is 1. The van der Waals surface area contributed by atoms with Crippen molar-refractivity contribution in [2.45, 2.75) is 88.7 Å². The molecule has 146 valence electrons. The van der Waals surface area contributed by atoms with E-state index >= 15 is 0 Å². The molecular weight excluding hydrogens is 364 g/mol. The van der Waals surface area contributed by atoms with Gasteiger partial charge in [-0.2, -0.15) is 11.8 Å². The fourth-order valence-electron chi connectivity index (χ4n) is 4.25. The maximum Gasteiger partial charge on any atom is 0.407 e. The molecule has 2 aliphatic rings. The minimum atomic E-state index is -0.785. The molecule has 2 atom stereocenters. The molecule has 0 aromatic carbocycles. The lowest BCUT2D eigenvalue weighted by atomic mass is 9.77. The Hall–Kier alpha value is -0.750. The zero-order valence-electron chi connectivity index (χ0n) is 16.2. The summed E-state index contributed by atoms with van der Waals surface area (Å²) in [5, 5.41) is 13.8. The Morgan fingerprint density at radius 1 is 1.31 bits per heavy atom. The number of hydrogen-bond acceptors (Lipinski definition) is 4. The maximum atomic E-state index is 11.6. The fourth-order valence-corrected chi connectivity index (χ4v) is 6.55. The van der Waals surface area contributed by atoms with Crippen LogP contribution in [0.4, 0.5) is 4.79 Å². The number of piperidine rings is 1. The largest absolute Gasteiger partial charge is 0.465 e. The van der Waals surface area contributed by atoms with Crippen LogP contribution in [-0.2, 0) is 5.75 Å². The Labute approximate surface area is 165 Å². The minimum absolute atomic E-state index is 0.0476. The van der Waals surface area contributed by atoms with Crippen LogP contribution < -0.4 is 0 Å². The third-order valence-electron chi connectivity index (χ3n) is 5.79. The molecule has 2 unspecified atom stereocenters. The van der Waals surface area contributed by atoms with Crippen LogP contribution in [-0.4, -0.2) is 38.9 Å². The molecule has 3 rings (SSSR count). The molecule has 6 heteroatoms. The fraction of sp³-hybridized carbons (Fsp3) is 0.800. The Morgan fingerprint density at radius 3 is 2.69 bits per heavy atom. The second-order valence-electron chi connectivity index (χ2n) is 8.83. The molecule has 26 heavy (non-hydrogen) atoms.